The molecule has 26 heavy (non-hydrogen) atoms. The van der Waals surface area contributed by atoms with Crippen LogP contribution in [0, 0.1) is 13.8 Å². The molecule has 0 bridgehead atoms. The predicted molar refractivity (Wildman–Crippen MR) is 101 cm³/mol. The Morgan fingerprint density at radius 3 is 2.62 bits per heavy atom. The molecule has 0 saturated carbocycles. The largest absolute Gasteiger partial charge is 0.370 e. The van der Waals surface area contributed by atoms with E-state index in [2.05, 4.69) is 21.6 Å². The van der Waals surface area contributed by atoms with Crippen molar-refractivity contribution in [3.05, 3.63) is 35.2 Å². The summed E-state index contributed by atoms with van der Waals surface area (Å²) in [6, 6.07) is 6.03. The second-order valence-electron chi connectivity index (χ2n) is 6.71. The fourth-order valence-electron chi connectivity index (χ4n) is 3.06. The number of quaternary nitrogens is 1. The minimum absolute atomic E-state index is 0.0386. The molecule has 2 N–H and O–H groups in total. The van der Waals surface area contributed by atoms with E-state index in [0.29, 0.717) is 5.75 Å². The fourth-order valence-corrected chi connectivity index (χ4v) is 3.79. The molecular formula is C18H26N5O2S+. The van der Waals surface area contributed by atoms with Crippen molar-refractivity contribution in [2.24, 2.45) is 7.05 Å². The second kappa shape index (κ2) is 8.66. The molecule has 2 aromatic rings. The lowest BCUT2D eigenvalue weighted by molar-refractivity contribution is -0.922. The summed E-state index contributed by atoms with van der Waals surface area (Å²) in [6.07, 6.45) is 0. The highest BCUT2D eigenvalue weighted by molar-refractivity contribution is 7.99. The van der Waals surface area contributed by atoms with Crippen LogP contribution in [-0.2, 0) is 23.1 Å². The van der Waals surface area contributed by atoms with Gasteiger partial charge in [-0.1, -0.05) is 17.8 Å². The van der Waals surface area contributed by atoms with Crippen molar-refractivity contribution in [1.82, 2.24) is 14.8 Å². The Morgan fingerprint density at radius 1 is 1.23 bits per heavy atom. The van der Waals surface area contributed by atoms with Gasteiger partial charge in [0.25, 0.3) is 0 Å². The van der Waals surface area contributed by atoms with Crippen LogP contribution in [0.2, 0.25) is 0 Å². The van der Waals surface area contributed by atoms with Crippen molar-refractivity contribution in [3.8, 4) is 0 Å². The van der Waals surface area contributed by atoms with Crippen LogP contribution in [0.25, 0.3) is 0 Å². The van der Waals surface area contributed by atoms with Crippen LogP contribution < -0.4 is 10.2 Å². The number of hydrogen-bond donors (Lipinski definition) is 2. The number of ether oxygens (including phenoxy) is 1. The number of aromatic nitrogens is 3. The third kappa shape index (κ3) is 5.06. The topological polar surface area (TPSA) is 73.5 Å². The van der Waals surface area contributed by atoms with E-state index in [0.717, 1.165) is 60.6 Å². The van der Waals surface area contributed by atoms with Crippen LogP contribution in [0.5, 0.6) is 0 Å². The van der Waals surface area contributed by atoms with Crippen LogP contribution in [0.3, 0.4) is 0 Å². The highest BCUT2D eigenvalue weighted by atomic mass is 32.2. The van der Waals surface area contributed by atoms with Crippen LogP contribution in [0.15, 0.2) is 23.4 Å². The minimum atomic E-state index is -0.0386. The van der Waals surface area contributed by atoms with E-state index in [1.807, 2.05) is 37.6 Å². The highest BCUT2D eigenvalue weighted by Gasteiger charge is 2.19. The van der Waals surface area contributed by atoms with Crippen LogP contribution in [-0.4, -0.2) is 52.7 Å². The van der Waals surface area contributed by atoms with Crippen LogP contribution in [0.4, 0.5) is 5.69 Å². The van der Waals surface area contributed by atoms with Crippen molar-refractivity contribution in [2.75, 3.05) is 37.4 Å². The maximum Gasteiger partial charge on any atom is 0.234 e. The number of rotatable bonds is 6. The minimum Gasteiger partial charge on any atom is -0.370 e. The van der Waals surface area contributed by atoms with E-state index in [1.54, 1.807) is 0 Å². The molecule has 0 radical (unpaired) electrons. The Morgan fingerprint density at radius 2 is 1.92 bits per heavy atom. The molecule has 0 atom stereocenters. The molecule has 1 fully saturated rings. The van der Waals surface area contributed by atoms with E-state index in [4.69, 9.17) is 4.74 Å². The molecular weight excluding hydrogens is 350 g/mol. The normalized spacial score (nSPS) is 15.2. The average molecular weight is 377 g/mol. The molecule has 2 heterocycles. The Labute approximate surface area is 158 Å². The molecule has 1 aliphatic rings. The highest BCUT2D eigenvalue weighted by Crippen LogP contribution is 2.17. The smallest absolute Gasteiger partial charge is 0.234 e. The molecule has 1 aromatic heterocycles. The average Bonchev–Trinajstić information content (AvgIpc) is 2.93. The van der Waals surface area contributed by atoms with Gasteiger partial charge in [0.2, 0.25) is 5.91 Å². The van der Waals surface area contributed by atoms with Gasteiger partial charge < -0.3 is 19.5 Å². The molecule has 1 aliphatic heterocycles. The first-order valence-electron chi connectivity index (χ1n) is 8.82. The molecule has 8 heteroatoms. The number of carbonyl (C=O) groups is 1. The summed E-state index contributed by atoms with van der Waals surface area (Å²) in [6.45, 7) is 8.47. The Balaban J connectivity index is 1.53. The lowest BCUT2D eigenvalue weighted by Crippen LogP contribution is -3.12. The van der Waals surface area contributed by atoms with E-state index in [1.165, 1.54) is 16.7 Å². The quantitative estimate of drug-likeness (QED) is 0.722. The molecule has 0 aliphatic carbocycles. The maximum absolute atomic E-state index is 12.2. The van der Waals surface area contributed by atoms with Crippen molar-refractivity contribution in [3.63, 3.8) is 0 Å². The number of aryl methyl sites for hydroxylation is 2. The summed E-state index contributed by atoms with van der Waals surface area (Å²) >= 11 is 1.41. The monoisotopic (exact) mass is 376 g/mol. The van der Waals surface area contributed by atoms with Gasteiger partial charge in [0, 0.05) is 12.7 Å². The third-order valence-electron chi connectivity index (χ3n) is 4.37. The zero-order valence-electron chi connectivity index (χ0n) is 15.5. The molecule has 1 amide bonds. The molecule has 1 saturated heterocycles. The first kappa shape index (κ1) is 18.9. The van der Waals surface area contributed by atoms with Crippen molar-refractivity contribution >= 4 is 23.4 Å². The van der Waals surface area contributed by atoms with Gasteiger partial charge in [0.05, 0.1) is 19.0 Å². The van der Waals surface area contributed by atoms with Crippen molar-refractivity contribution in [2.45, 2.75) is 25.5 Å². The van der Waals surface area contributed by atoms with Gasteiger partial charge in [-0.2, -0.15) is 0 Å². The zero-order valence-corrected chi connectivity index (χ0v) is 16.4. The maximum atomic E-state index is 12.2. The number of nitrogens with zero attached hydrogens (tertiary/aromatic N) is 3. The van der Waals surface area contributed by atoms with Crippen LogP contribution >= 0.6 is 11.8 Å². The summed E-state index contributed by atoms with van der Waals surface area (Å²) in [5.41, 5.74) is 3.11. The second-order valence-corrected chi connectivity index (χ2v) is 7.65. The number of thioether (sulfide) groups is 1. The Hall–Kier alpha value is -1.90. The van der Waals surface area contributed by atoms with Crippen molar-refractivity contribution in [1.29, 1.82) is 0 Å². The number of anilines is 1. The van der Waals surface area contributed by atoms with Crippen LogP contribution in [0.1, 0.15) is 17.0 Å². The Kier molecular flexibility index (Phi) is 6.29. The van der Waals surface area contributed by atoms with E-state index in [9.17, 15) is 4.79 Å². The van der Waals surface area contributed by atoms with Crippen molar-refractivity contribution < 1.29 is 14.4 Å². The molecule has 0 spiro atoms. The van der Waals surface area contributed by atoms with Gasteiger partial charge in [-0.3, -0.25) is 4.79 Å². The fraction of sp³-hybridized carbons (Fsp3) is 0.500. The molecule has 3 rings (SSSR count). The summed E-state index contributed by atoms with van der Waals surface area (Å²) in [5, 5.41) is 12.3. The standard InChI is InChI=1S/C18H25N5O2S/c1-13-8-14(2)10-15(9-13)19-17(24)12-26-18-21-20-16(22(18)3)11-23-4-6-25-7-5-23/h8-10H,4-7,11-12H2,1-3H3,(H,19,24)/p+1. The van der Waals surface area contributed by atoms with Gasteiger partial charge in [-0.25, -0.2) is 0 Å². The lowest BCUT2D eigenvalue weighted by atomic mass is 10.1. The zero-order chi connectivity index (χ0) is 18.5. The van der Waals surface area contributed by atoms with E-state index < -0.39 is 0 Å². The summed E-state index contributed by atoms with van der Waals surface area (Å²) in [7, 11) is 1.96. The molecule has 1 aromatic carbocycles. The number of amides is 1. The van der Waals surface area contributed by atoms with Gasteiger partial charge in [0.1, 0.15) is 19.6 Å². The number of hydrogen-bond acceptors (Lipinski definition) is 5. The lowest BCUT2D eigenvalue weighted by Gasteiger charge is -2.23. The third-order valence-corrected chi connectivity index (χ3v) is 5.39. The molecule has 7 nitrogen and oxygen atoms in total. The number of carbonyl (C=O) groups excluding carboxylic acids is 1. The van der Waals surface area contributed by atoms with Gasteiger partial charge >= 0.3 is 0 Å². The van der Waals surface area contributed by atoms with Gasteiger partial charge in [-0.05, 0) is 37.1 Å². The summed E-state index contributed by atoms with van der Waals surface area (Å²) in [4.78, 5) is 13.7. The van der Waals surface area contributed by atoms with E-state index >= 15 is 0 Å². The van der Waals surface area contributed by atoms with Gasteiger partial charge in [-0.15, -0.1) is 10.2 Å². The van der Waals surface area contributed by atoms with E-state index in [-0.39, 0.29) is 5.91 Å². The number of morpholine rings is 1. The number of benzene rings is 1. The predicted octanol–water partition coefficient (Wildman–Crippen LogP) is 0.578. The SMILES string of the molecule is Cc1cc(C)cc(NC(=O)CSc2nnc(C[NH+]3CCOCC3)n2C)c1. The number of nitrogens with one attached hydrogen (secondary N) is 2. The van der Waals surface area contributed by atoms with Gasteiger partial charge in [0.15, 0.2) is 11.0 Å². The first-order chi connectivity index (χ1) is 12.5. The summed E-state index contributed by atoms with van der Waals surface area (Å²) < 4.78 is 7.37. The first-order valence-corrected chi connectivity index (χ1v) is 9.80. The Bertz CT molecular complexity index is 751. The molecule has 0 unspecified atom stereocenters. The molecule has 140 valence electrons. The summed E-state index contributed by atoms with van der Waals surface area (Å²) in [5.74, 6) is 1.21.